The van der Waals surface area contributed by atoms with Crippen LogP contribution in [0.2, 0.25) is 0 Å². The molecule has 1 aliphatic heterocycles. The second-order valence-corrected chi connectivity index (χ2v) is 5.84. The van der Waals surface area contributed by atoms with E-state index in [1.165, 1.54) is 6.07 Å². The number of carbonyl (C=O) groups excluding carboxylic acids is 1. The Kier molecular flexibility index (Phi) is 2.78. The molecule has 1 spiro atoms. The van der Waals surface area contributed by atoms with Gasteiger partial charge in [0.05, 0.1) is 13.2 Å². The van der Waals surface area contributed by atoms with Crippen molar-refractivity contribution in [2.45, 2.75) is 12.8 Å². The summed E-state index contributed by atoms with van der Waals surface area (Å²) in [7, 11) is 0. The van der Waals surface area contributed by atoms with Crippen LogP contribution in [-0.4, -0.2) is 30.1 Å². The van der Waals surface area contributed by atoms with E-state index in [-0.39, 0.29) is 11.0 Å². The molecule has 100 valence electrons. The molecule has 0 amide bonds. The lowest BCUT2D eigenvalue weighted by atomic mass is 10.1. The lowest BCUT2D eigenvalue weighted by molar-refractivity contribution is -0.131. The summed E-state index contributed by atoms with van der Waals surface area (Å²) >= 11 is 3.19. The number of carboxylic acid groups (broad SMARTS) is 1. The largest absolute Gasteiger partial charge is 0.489 e. The molecular weight excluding hydrogens is 316 g/mol. The fourth-order valence-electron chi connectivity index (χ4n) is 2.02. The molecule has 5 nitrogen and oxygen atoms in total. The van der Waals surface area contributed by atoms with Crippen LogP contribution in [0.15, 0.2) is 16.6 Å². The molecule has 1 fully saturated rings. The molecule has 1 heterocycles. The summed E-state index contributed by atoms with van der Waals surface area (Å²) in [4.78, 5) is 22.3. The maximum Gasteiger partial charge on any atom is 0.377 e. The first-order valence-electron chi connectivity index (χ1n) is 5.88. The Bertz CT molecular complexity index is 577. The quantitative estimate of drug-likeness (QED) is 0.666. The van der Waals surface area contributed by atoms with Gasteiger partial charge in [-0.05, 0) is 40.9 Å². The van der Waals surface area contributed by atoms with Crippen LogP contribution in [0.25, 0.3) is 0 Å². The number of hydrogen-bond acceptors (Lipinski definition) is 4. The zero-order chi connectivity index (χ0) is 13.6. The minimum atomic E-state index is -1.49. The molecule has 1 aromatic rings. The van der Waals surface area contributed by atoms with Gasteiger partial charge in [-0.15, -0.1) is 0 Å². The molecule has 1 aromatic carbocycles. The van der Waals surface area contributed by atoms with Gasteiger partial charge in [-0.3, -0.25) is 4.79 Å². The van der Waals surface area contributed by atoms with Crippen molar-refractivity contribution in [3.63, 3.8) is 0 Å². The van der Waals surface area contributed by atoms with Crippen LogP contribution in [0.4, 0.5) is 0 Å². The summed E-state index contributed by atoms with van der Waals surface area (Å²) in [6.07, 6.45) is 2.14. The lowest BCUT2D eigenvalue weighted by Gasteiger charge is -2.09. The Morgan fingerprint density at radius 3 is 2.26 bits per heavy atom. The molecule has 0 radical (unpaired) electrons. The first kappa shape index (κ1) is 12.5. The number of rotatable bonds is 2. The van der Waals surface area contributed by atoms with E-state index in [2.05, 4.69) is 15.9 Å². The molecular formula is C13H11BrO5. The molecule has 0 saturated heterocycles. The van der Waals surface area contributed by atoms with Gasteiger partial charge in [0.25, 0.3) is 5.78 Å². The number of ether oxygens (including phenoxy) is 2. The van der Waals surface area contributed by atoms with E-state index in [9.17, 15) is 9.59 Å². The van der Waals surface area contributed by atoms with Gasteiger partial charge in [-0.2, -0.15) is 0 Å². The first-order valence-corrected chi connectivity index (χ1v) is 6.67. The van der Waals surface area contributed by atoms with Gasteiger partial charge in [0.2, 0.25) is 0 Å². The second-order valence-electron chi connectivity index (χ2n) is 4.99. The molecule has 1 aliphatic carbocycles. The van der Waals surface area contributed by atoms with Crippen LogP contribution in [0, 0.1) is 5.41 Å². The van der Waals surface area contributed by atoms with E-state index in [1.54, 1.807) is 6.07 Å². The van der Waals surface area contributed by atoms with Crippen LogP contribution in [0.3, 0.4) is 0 Å². The molecule has 0 bridgehead atoms. The minimum absolute atomic E-state index is 0.0709. The highest BCUT2D eigenvalue weighted by Crippen LogP contribution is 2.49. The van der Waals surface area contributed by atoms with Gasteiger partial charge in [-0.25, -0.2) is 4.79 Å². The number of aliphatic carboxylic acids is 1. The molecule has 19 heavy (non-hydrogen) atoms. The van der Waals surface area contributed by atoms with Crippen molar-refractivity contribution in [1.82, 2.24) is 0 Å². The average Bonchev–Trinajstić information content (AvgIpc) is 3.16. The molecule has 0 aromatic heterocycles. The summed E-state index contributed by atoms with van der Waals surface area (Å²) < 4.78 is 11.7. The third-order valence-corrected chi connectivity index (χ3v) is 4.15. The van der Waals surface area contributed by atoms with Crippen LogP contribution < -0.4 is 9.47 Å². The molecule has 2 aliphatic rings. The van der Waals surface area contributed by atoms with E-state index in [4.69, 9.17) is 14.6 Å². The third-order valence-electron chi connectivity index (χ3n) is 3.50. The molecule has 1 saturated carbocycles. The predicted molar refractivity (Wildman–Crippen MR) is 68.8 cm³/mol. The van der Waals surface area contributed by atoms with E-state index in [0.29, 0.717) is 29.2 Å². The van der Waals surface area contributed by atoms with Gasteiger partial charge in [0.1, 0.15) is 0 Å². The predicted octanol–water partition coefficient (Wildman–Crippen LogP) is 2.27. The van der Waals surface area contributed by atoms with Crippen molar-refractivity contribution in [3.05, 3.63) is 22.2 Å². The zero-order valence-electron chi connectivity index (χ0n) is 9.94. The summed E-state index contributed by atoms with van der Waals surface area (Å²) in [5, 5.41) is 8.77. The number of halogens is 1. The number of benzene rings is 1. The Morgan fingerprint density at radius 2 is 1.74 bits per heavy atom. The van der Waals surface area contributed by atoms with Gasteiger partial charge in [0.15, 0.2) is 11.5 Å². The van der Waals surface area contributed by atoms with Gasteiger partial charge < -0.3 is 14.6 Å². The topological polar surface area (TPSA) is 72.8 Å². The number of hydrogen-bond donors (Lipinski definition) is 1. The Balaban J connectivity index is 1.97. The fraction of sp³-hybridized carbons (Fsp3) is 0.385. The highest BCUT2D eigenvalue weighted by molar-refractivity contribution is 9.10. The number of ketones is 1. The van der Waals surface area contributed by atoms with Crippen molar-refractivity contribution < 1.29 is 24.2 Å². The lowest BCUT2D eigenvalue weighted by Crippen LogP contribution is -2.17. The van der Waals surface area contributed by atoms with Crippen molar-refractivity contribution in [1.29, 1.82) is 0 Å². The van der Waals surface area contributed by atoms with Crippen LogP contribution in [0.1, 0.15) is 23.2 Å². The van der Waals surface area contributed by atoms with Crippen molar-refractivity contribution in [3.8, 4) is 11.5 Å². The van der Waals surface area contributed by atoms with E-state index < -0.39 is 11.8 Å². The summed E-state index contributed by atoms with van der Waals surface area (Å²) in [5.74, 6) is -1.49. The van der Waals surface area contributed by atoms with Crippen LogP contribution in [0.5, 0.6) is 11.5 Å². The maximum absolute atomic E-state index is 11.6. The summed E-state index contributed by atoms with van der Waals surface area (Å²) in [6, 6.07) is 3.02. The van der Waals surface area contributed by atoms with Crippen LogP contribution in [-0.2, 0) is 4.79 Å². The monoisotopic (exact) mass is 326 g/mol. The molecule has 1 N–H and O–H groups in total. The highest BCUT2D eigenvalue weighted by atomic mass is 79.9. The van der Waals surface area contributed by atoms with E-state index in [1.807, 2.05) is 0 Å². The van der Waals surface area contributed by atoms with Crippen molar-refractivity contribution >= 4 is 27.7 Å². The molecule has 6 heteroatoms. The maximum atomic E-state index is 11.6. The first-order chi connectivity index (χ1) is 9.01. The van der Waals surface area contributed by atoms with Gasteiger partial charge >= 0.3 is 5.97 Å². The summed E-state index contributed by atoms with van der Waals surface area (Å²) in [6.45, 7) is 1.14. The van der Waals surface area contributed by atoms with Crippen molar-refractivity contribution in [2.24, 2.45) is 5.41 Å². The number of carbonyl (C=O) groups is 2. The molecule has 0 atom stereocenters. The van der Waals surface area contributed by atoms with Gasteiger partial charge in [0, 0.05) is 15.5 Å². The minimum Gasteiger partial charge on any atom is -0.489 e. The van der Waals surface area contributed by atoms with E-state index in [0.717, 1.165) is 12.8 Å². The number of Topliss-reactive ketones (excluding diaryl/α,β-unsaturated/α-hetero) is 1. The van der Waals surface area contributed by atoms with Crippen LogP contribution >= 0.6 is 15.9 Å². The normalized spacial score (nSPS) is 18.8. The van der Waals surface area contributed by atoms with Gasteiger partial charge in [-0.1, -0.05) is 0 Å². The SMILES string of the molecule is O=C(O)C(=O)c1cc2c(cc1Br)OCC1(CC1)CO2. The standard InChI is InChI=1S/C13H11BrO5/c14-8-4-10-9(3-7(8)11(15)12(16)17)18-5-13(1-2-13)6-19-10/h3-4H,1-2,5-6H2,(H,16,17). The third kappa shape index (κ3) is 2.20. The zero-order valence-corrected chi connectivity index (χ0v) is 11.5. The Hall–Kier alpha value is -1.56. The Labute approximate surface area is 117 Å². The van der Waals surface area contributed by atoms with Crippen molar-refractivity contribution in [2.75, 3.05) is 13.2 Å². The van der Waals surface area contributed by atoms with E-state index >= 15 is 0 Å². The Morgan fingerprint density at radius 1 is 1.16 bits per heavy atom. The molecule has 3 rings (SSSR count). The number of fused-ring (bicyclic) bond motifs is 1. The highest BCUT2D eigenvalue weighted by Gasteiger charge is 2.46. The number of carboxylic acids is 1. The second kappa shape index (κ2) is 4.23. The molecule has 0 unspecified atom stereocenters. The average molecular weight is 327 g/mol. The fourth-order valence-corrected chi connectivity index (χ4v) is 2.52. The smallest absolute Gasteiger partial charge is 0.377 e. The summed E-state index contributed by atoms with van der Waals surface area (Å²) in [5.41, 5.74) is 0.171.